The van der Waals surface area contributed by atoms with Gasteiger partial charge in [0, 0.05) is 12.4 Å². The van der Waals surface area contributed by atoms with Gasteiger partial charge in [-0.25, -0.2) is 18.4 Å². The van der Waals surface area contributed by atoms with Crippen molar-refractivity contribution in [3.8, 4) is 0 Å². The van der Waals surface area contributed by atoms with E-state index in [1.165, 1.54) is 12.4 Å². The molecule has 0 saturated heterocycles. The predicted octanol–water partition coefficient (Wildman–Crippen LogP) is -0.134. The van der Waals surface area contributed by atoms with Crippen LogP contribution in [-0.2, 0) is 20.4 Å². The number of nitrogens with zero attached hydrogens (tertiary/aromatic N) is 2. The number of carbonyl (C=O) groups is 1. The Kier molecular flexibility index (Phi) is 3.73. The van der Waals surface area contributed by atoms with Crippen molar-refractivity contribution >= 4 is 15.8 Å². The van der Waals surface area contributed by atoms with Crippen LogP contribution in [0.5, 0.6) is 0 Å². The average molecular weight is 230 g/mol. The van der Waals surface area contributed by atoms with E-state index < -0.39 is 22.2 Å². The number of hydrogen-bond donors (Lipinski definition) is 1. The minimum Gasteiger partial charge on any atom is -0.481 e. The molecular formula is C8H10N2O4S. The van der Waals surface area contributed by atoms with E-state index in [0.717, 1.165) is 0 Å². The molecule has 15 heavy (non-hydrogen) atoms. The highest BCUT2D eigenvalue weighted by molar-refractivity contribution is 7.90. The Bertz CT molecular complexity index is 429. The number of hydrogen-bond acceptors (Lipinski definition) is 5. The van der Waals surface area contributed by atoms with Crippen LogP contribution < -0.4 is 0 Å². The predicted molar refractivity (Wildman–Crippen MR) is 51.8 cm³/mol. The van der Waals surface area contributed by atoms with Crippen molar-refractivity contribution in [1.82, 2.24) is 9.97 Å². The number of carboxylic acids is 1. The summed E-state index contributed by atoms with van der Waals surface area (Å²) in [7, 11) is -3.44. The zero-order chi connectivity index (χ0) is 11.3. The molecule has 6 nitrogen and oxygen atoms in total. The van der Waals surface area contributed by atoms with Gasteiger partial charge in [0.05, 0.1) is 12.2 Å². The Hall–Kier alpha value is -1.50. The zero-order valence-corrected chi connectivity index (χ0v) is 8.64. The summed E-state index contributed by atoms with van der Waals surface area (Å²) in [5, 5.41) is 8.35. The van der Waals surface area contributed by atoms with Gasteiger partial charge in [-0.1, -0.05) is 0 Å². The molecule has 1 aromatic heterocycles. The second-order valence-electron chi connectivity index (χ2n) is 2.90. The summed E-state index contributed by atoms with van der Waals surface area (Å²) in [6.07, 6.45) is 2.49. The van der Waals surface area contributed by atoms with Gasteiger partial charge in [-0.2, -0.15) is 0 Å². The van der Waals surface area contributed by atoms with E-state index >= 15 is 0 Å². The van der Waals surface area contributed by atoms with E-state index in [0.29, 0.717) is 0 Å². The number of rotatable bonds is 5. The molecule has 0 spiro atoms. The summed E-state index contributed by atoms with van der Waals surface area (Å²) in [4.78, 5) is 17.7. The van der Waals surface area contributed by atoms with Gasteiger partial charge in [-0.05, 0) is 6.07 Å². The van der Waals surface area contributed by atoms with Gasteiger partial charge in [0.1, 0.15) is 11.6 Å². The fraction of sp³-hybridized carbons (Fsp3) is 0.375. The maximum absolute atomic E-state index is 11.4. The van der Waals surface area contributed by atoms with Gasteiger partial charge in [0.15, 0.2) is 9.84 Å². The Labute approximate surface area is 86.9 Å². The molecule has 0 fully saturated rings. The van der Waals surface area contributed by atoms with Crippen LogP contribution >= 0.6 is 0 Å². The molecule has 1 aromatic rings. The molecule has 7 heteroatoms. The quantitative estimate of drug-likeness (QED) is 0.756. The first-order chi connectivity index (χ1) is 6.99. The first-order valence-corrected chi connectivity index (χ1v) is 6.00. The van der Waals surface area contributed by atoms with Gasteiger partial charge in [0.2, 0.25) is 0 Å². The lowest BCUT2D eigenvalue weighted by Gasteiger charge is -2.00. The molecular weight excluding hydrogens is 220 g/mol. The molecule has 0 aliphatic carbocycles. The second kappa shape index (κ2) is 4.83. The lowest BCUT2D eigenvalue weighted by Crippen LogP contribution is -2.14. The third-order valence-electron chi connectivity index (χ3n) is 1.60. The Morgan fingerprint density at radius 2 is 1.93 bits per heavy atom. The van der Waals surface area contributed by atoms with Crippen molar-refractivity contribution in [3.05, 3.63) is 24.3 Å². The first-order valence-electron chi connectivity index (χ1n) is 4.18. The van der Waals surface area contributed by atoms with Gasteiger partial charge in [0.25, 0.3) is 0 Å². The zero-order valence-electron chi connectivity index (χ0n) is 7.83. The molecule has 1 rings (SSSR count). The molecule has 1 heterocycles. The van der Waals surface area contributed by atoms with Crippen LogP contribution in [0.1, 0.15) is 12.2 Å². The highest BCUT2D eigenvalue weighted by atomic mass is 32.2. The van der Waals surface area contributed by atoms with Crippen molar-refractivity contribution in [2.45, 2.75) is 12.2 Å². The second-order valence-corrected chi connectivity index (χ2v) is 5.08. The number of sulfone groups is 1. The lowest BCUT2D eigenvalue weighted by molar-refractivity contribution is -0.136. The molecule has 82 valence electrons. The van der Waals surface area contributed by atoms with E-state index in [4.69, 9.17) is 5.11 Å². The van der Waals surface area contributed by atoms with Crippen LogP contribution in [0.25, 0.3) is 0 Å². The van der Waals surface area contributed by atoms with Crippen molar-refractivity contribution in [2.24, 2.45) is 0 Å². The van der Waals surface area contributed by atoms with Gasteiger partial charge in [-0.3, -0.25) is 4.79 Å². The van der Waals surface area contributed by atoms with Crippen LogP contribution in [-0.4, -0.2) is 35.2 Å². The van der Waals surface area contributed by atoms with Crippen LogP contribution in [0.3, 0.4) is 0 Å². The third kappa shape index (κ3) is 4.50. The fourth-order valence-electron chi connectivity index (χ4n) is 0.916. The monoisotopic (exact) mass is 230 g/mol. The standard InChI is InChI=1S/C8H10N2O4S/c11-8(12)2-5-15(13,14)6-7-9-3-1-4-10-7/h1,3-4H,2,5-6H2,(H,11,12). The van der Waals surface area contributed by atoms with E-state index in [1.807, 2.05) is 0 Å². The Balaban J connectivity index is 2.61. The minimum atomic E-state index is -3.44. The summed E-state index contributed by atoms with van der Waals surface area (Å²) in [6.45, 7) is 0. The number of aliphatic carboxylic acids is 1. The SMILES string of the molecule is O=C(O)CCS(=O)(=O)Cc1ncccn1. The van der Waals surface area contributed by atoms with Gasteiger partial charge >= 0.3 is 5.97 Å². The van der Waals surface area contributed by atoms with E-state index in [9.17, 15) is 13.2 Å². The smallest absolute Gasteiger partial charge is 0.304 e. The first kappa shape index (κ1) is 11.6. The van der Waals surface area contributed by atoms with Crippen molar-refractivity contribution < 1.29 is 18.3 Å². The molecule has 1 N–H and O–H groups in total. The maximum Gasteiger partial charge on any atom is 0.304 e. The van der Waals surface area contributed by atoms with Crippen LogP contribution in [0.15, 0.2) is 18.5 Å². The summed E-state index contributed by atoms with van der Waals surface area (Å²) in [5.74, 6) is -1.66. The van der Waals surface area contributed by atoms with Gasteiger partial charge in [-0.15, -0.1) is 0 Å². The molecule has 0 radical (unpaired) electrons. The third-order valence-corrected chi connectivity index (χ3v) is 3.12. The lowest BCUT2D eigenvalue weighted by atomic mass is 10.5. The molecule has 0 aliphatic heterocycles. The molecule has 0 bridgehead atoms. The van der Waals surface area contributed by atoms with E-state index in [2.05, 4.69) is 9.97 Å². The van der Waals surface area contributed by atoms with Crippen LogP contribution in [0.4, 0.5) is 0 Å². The van der Waals surface area contributed by atoms with Crippen molar-refractivity contribution in [2.75, 3.05) is 5.75 Å². The van der Waals surface area contributed by atoms with Gasteiger partial charge < -0.3 is 5.11 Å². The van der Waals surface area contributed by atoms with Crippen molar-refractivity contribution in [1.29, 1.82) is 0 Å². The summed E-state index contributed by atoms with van der Waals surface area (Å²) >= 11 is 0. The van der Waals surface area contributed by atoms with Crippen molar-refractivity contribution in [3.63, 3.8) is 0 Å². The molecule has 0 saturated carbocycles. The molecule has 0 aliphatic rings. The number of aromatic nitrogens is 2. The van der Waals surface area contributed by atoms with Crippen LogP contribution in [0, 0.1) is 0 Å². The maximum atomic E-state index is 11.4. The average Bonchev–Trinajstić information content (AvgIpc) is 2.16. The molecule has 0 atom stereocenters. The fourth-order valence-corrected chi connectivity index (χ4v) is 2.09. The highest BCUT2D eigenvalue weighted by Gasteiger charge is 2.15. The topological polar surface area (TPSA) is 97.2 Å². The Morgan fingerprint density at radius 3 is 2.47 bits per heavy atom. The van der Waals surface area contributed by atoms with E-state index in [-0.39, 0.29) is 17.3 Å². The number of carboxylic acid groups (broad SMARTS) is 1. The largest absolute Gasteiger partial charge is 0.481 e. The normalized spacial score (nSPS) is 11.2. The molecule has 0 aromatic carbocycles. The summed E-state index contributed by atoms with van der Waals surface area (Å²) in [5.41, 5.74) is 0. The van der Waals surface area contributed by atoms with Crippen LogP contribution in [0.2, 0.25) is 0 Å². The summed E-state index contributed by atoms with van der Waals surface area (Å²) in [6, 6.07) is 1.58. The Morgan fingerprint density at radius 1 is 1.33 bits per heavy atom. The molecule has 0 unspecified atom stereocenters. The molecule has 0 amide bonds. The minimum absolute atomic E-state index is 0.183. The summed E-state index contributed by atoms with van der Waals surface area (Å²) < 4.78 is 22.7. The highest BCUT2D eigenvalue weighted by Crippen LogP contribution is 2.01. The van der Waals surface area contributed by atoms with E-state index in [1.54, 1.807) is 6.07 Å².